The van der Waals surface area contributed by atoms with E-state index in [4.69, 9.17) is 0 Å². The molecule has 0 unspecified atom stereocenters. The van der Waals surface area contributed by atoms with Crippen molar-refractivity contribution in [2.75, 3.05) is 14.1 Å². The SMILES string of the molecule is CN(C)/[C](=C/c1ccccc1)[Sn]([c]1ccccc1)([c]1ccccc1)[c]1ccccc1. The van der Waals surface area contributed by atoms with Crippen LogP contribution in [0.15, 0.2) is 125 Å². The van der Waals surface area contributed by atoms with Gasteiger partial charge in [0, 0.05) is 0 Å². The summed E-state index contributed by atoms with van der Waals surface area (Å²) in [6.07, 6.45) is 2.41. The molecule has 0 amide bonds. The van der Waals surface area contributed by atoms with Crippen LogP contribution in [0.3, 0.4) is 0 Å². The van der Waals surface area contributed by atoms with E-state index < -0.39 is 18.4 Å². The molecule has 0 aliphatic carbocycles. The molecule has 0 bridgehead atoms. The van der Waals surface area contributed by atoms with Gasteiger partial charge in [-0.05, 0) is 0 Å². The zero-order chi connectivity index (χ0) is 20.8. The van der Waals surface area contributed by atoms with Crippen LogP contribution in [0.25, 0.3) is 6.08 Å². The molecular formula is C28H27NSn. The summed E-state index contributed by atoms with van der Waals surface area (Å²) in [5, 5.41) is 0. The summed E-state index contributed by atoms with van der Waals surface area (Å²) >= 11 is -3.57. The number of hydrogen-bond donors (Lipinski definition) is 0. The summed E-state index contributed by atoms with van der Waals surface area (Å²) in [6, 6.07) is 44.1. The first-order valence-electron chi connectivity index (χ1n) is 10.3. The summed E-state index contributed by atoms with van der Waals surface area (Å²) < 4.78 is 5.80. The second-order valence-electron chi connectivity index (χ2n) is 7.68. The van der Waals surface area contributed by atoms with Crippen molar-refractivity contribution in [3.63, 3.8) is 0 Å². The molecule has 0 heterocycles. The third kappa shape index (κ3) is 3.95. The van der Waals surface area contributed by atoms with Crippen LogP contribution < -0.4 is 10.7 Å². The van der Waals surface area contributed by atoms with E-state index in [1.54, 1.807) is 0 Å². The van der Waals surface area contributed by atoms with Crippen LogP contribution in [0, 0.1) is 0 Å². The van der Waals surface area contributed by atoms with Gasteiger partial charge in [-0.25, -0.2) is 0 Å². The second kappa shape index (κ2) is 9.36. The Bertz CT molecular complexity index is 992. The van der Waals surface area contributed by atoms with Gasteiger partial charge in [-0.15, -0.1) is 0 Å². The van der Waals surface area contributed by atoms with Gasteiger partial charge in [0.15, 0.2) is 0 Å². The van der Waals surface area contributed by atoms with Crippen molar-refractivity contribution in [2.45, 2.75) is 0 Å². The standard InChI is InChI=1S/C10H12N.3C6H5.Sn/c1-11(2)9-8-10-6-4-3-5-7-10;3*1-2-4-6-5-3-1;/h3-8H,1-2H3;3*1-5H;. The van der Waals surface area contributed by atoms with Gasteiger partial charge in [0.1, 0.15) is 0 Å². The molecule has 4 aromatic carbocycles. The van der Waals surface area contributed by atoms with Crippen LogP contribution in [-0.4, -0.2) is 37.4 Å². The van der Waals surface area contributed by atoms with Crippen LogP contribution in [0.5, 0.6) is 0 Å². The molecule has 0 aliphatic rings. The summed E-state index contributed by atoms with van der Waals surface area (Å²) in [5.41, 5.74) is 1.24. The van der Waals surface area contributed by atoms with Crippen molar-refractivity contribution in [1.82, 2.24) is 4.90 Å². The molecule has 30 heavy (non-hydrogen) atoms. The fourth-order valence-corrected chi connectivity index (χ4v) is 18.6. The van der Waals surface area contributed by atoms with E-state index >= 15 is 0 Å². The fourth-order valence-electron chi connectivity index (χ4n) is 4.29. The summed E-state index contributed by atoms with van der Waals surface area (Å²) in [6.45, 7) is 0. The normalized spacial score (nSPS) is 11.9. The van der Waals surface area contributed by atoms with E-state index in [1.807, 2.05) is 0 Å². The predicted octanol–water partition coefficient (Wildman–Crippen LogP) is 4.30. The molecule has 148 valence electrons. The molecular weight excluding hydrogens is 469 g/mol. The Morgan fingerprint density at radius 3 is 1.20 bits per heavy atom. The van der Waals surface area contributed by atoms with Crippen LogP contribution in [0.2, 0.25) is 0 Å². The molecule has 0 radical (unpaired) electrons. The van der Waals surface area contributed by atoms with Gasteiger partial charge in [0.2, 0.25) is 0 Å². The predicted molar refractivity (Wildman–Crippen MR) is 132 cm³/mol. The zero-order valence-electron chi connectivity index (χ0n) is 17.6. The number of hydrogen-bond acceptors (Lipinski definition) is 1. The molecule has 4 aromatic rings. The molecule has 1 nitrogen and oxygen atoms in total. The van der Waals surface area contributed by atoms with Crippen molar-refractivity contribution in [2.24, 2.45) is 0 Å². The summed E-state index contributed by atoms with van der Waals surface area (Å²) in [4.78, 5) is 2.34. The third-order valence-corrected chi connectivity index (χ3v) is 19.7. The first-order valence-corrected chi connectivity index (χ1v) is 16.0. The third-order valence-electron chi connectivity index (χ3n) is 5.59. The van der Waals surface area contributed by atoms with Crippen LogP contribution in [0.1, 0.15) is 5.56 Å². The molecule has 0 atom stereocenters. The Morgan fingerprint density at radius 1 is 0.533 bits per heavy atom. The fraction of sp³-hybridized carbons (Fsp3) is 0.0714. The van der Waals surface area contributed by atoms with Crippen molar-refractivity contribution < 1.29 is 0 Å². The molecule has 0 fully saturated rings. The Hall–Kier alpha value is -2.78. The molecule has 0 saturated carbocycles. The van der Waals surface area contributed by atoms with Crippen molar-refractivity contribution in [3.8, 4) is 0 Å². The van der Waals surface area contributed by atoms with E-state index in [1.165, 1.54) is 20.0 Å². The average Bonchev–Trinajstić information content (AvgIpc) is 2.82. The number of benzene rings is 4. The molecule has 0 aromatic heterocycles. The molecule has 2 heteroatoms. The first kappa shape index (κ1) is 20.5. The van der Waals surface area contributed by atoms with Crippen LogP contribution >= 0.6 is 0 Å². The molecule has 0 aliphatic heterocycles. The topological polar surface area (TPSA) is 3.24 Å². The van der Waals surface area contributed by atoms with E-state index in [2.05, 4.69) is 146 Å². The van der Waals surface area contributed by atoms with E-state index in [0.29, 0.717) is 0 Å². The van der Waals surface area contributed by atoms with E-state index in [9.17, 15) is 0 Å². The minimum atomic E-state index is -3.57. The van der Waals surface area contributed by atoms with Crippen molar-refractivity contribution in [3.05, 3.63) is 131 Å². The number of rotatable bonds is 6. The Balaban J connectivity index is 2.12. The average molecular weight is 496 g/mol. The summed E-state index contributed by atoms with van der Waals surface area (Å²) in [7, 11) is 4.38. The van der Waals surface area contributed by atoms with Gasteiger partial charge in [0.25, 0.3) is 0 Å². The number of nitrogens with zero attached hydrogens (tertiary/aromatic N) is 1. The maximum absolute atomic E-state index is 3.57. The van der Waals surface area contributed by atoms with Gasteiger partial charge in [-0.3, -0.25) is 0 Å². The molecule has 0 saturated heterocycles. The Labute approximate surface area is 184 Å². The second-order valence-corrected chi connectivity index (χ2v) is 18.4. The molecule has 0 N–H and O–H groups in total. The van der Waals surface area contributed by atoms with Gasteiger partial charge in [0.05, 0.1) is 0 Å². The van der Waals surface area contributed by atoms with E-state index in [-0.39, 0.29) is 0 Å². The van der Waals surface area contributed by atoms with Crippen molar-refractivity contribution in [1.29, 1.82) is 0 Å². The minimum absolute atomic E-state index is 1.24. The van der Waals surface area contributed by atoms with Crippen molar-refractivity contribution >= 4 is 35.2 Å². The summed E-state index contributed by atoms with van der Waals surface area (Å²) in [5.74, 6) is 0. The Morgan fingerprint density at radius 2 is 0.867 bits per heavy atom. The maximum atomic E-state index is 2.41. The molecule has 0 spiro atoms. The monoisotopic (exact) mass is 497 g/mol. The first-order chi connectivity index (χ1) is 14.7. The van der Waals surface area contributed by atoms with Crippen LogP contribution in [0.4, 0.5) is 0 Å². The van der Waals surface area contributed by atoms with Crippen LogP contribution in [-0.2, 0) is 0 Å². The Kier molecular flexibility index (Phi) is 6.39. The zero-order valence-corrected chi connectivity index (χ0v) is 20.4. The van der Waals surface area contributed by atoms with Gasteiger partial charge in [-0.1, -0.05) is 0 Å². The van der Waals surface area contributed by atoms with Gasteiger partial charge in [-0.2, -0.15) is 0 Å². The van der Waals surface area contributed by atoms with Gasteiger partial charge < -0.3 is 0 Å². The van der Waals surface area contributed by atoms with Gasteiger partial charge >= 0.3 is 185 Å². The quantitative estimate of drug-likeness (QED) is 0.360. The molecule has 4 rings (SSSR count). The van der Waals surface area contributed by atoms with E-state index in [0.717, 1.165) is 0 Å².